The van der Waals surface area contributed by atoms with E-state index in [9.17, 15) is 9.59 Å². The molecule has 6 rings (SSSR count). The molecule has 30 heavy (non-hydrogen) atoms. The Balaban J connectivity index is 0.000000149. The Morgan fingerprint density at radius 2 is 1.17 bits per heavy atom. The first-order valence-corrected chi connectivity index (χ1v) is 9.84. The fourth-order valence-corrected chi connectivity index (χ4v) is 3.30. The molecule has 0 unspecified atom stereocenters. The summed E-state index contributed by atoms with van der Waals surface area (Å²) < 4.78 is 0. The van der Waals surface area contributed by atoms with E-state index in [1.54, 1.807) is 12.4 Å². The average molecular weight is 578 g/mol. The number of aromatic nitrogens is 2. The van der Waals surface area contributed by atoms with Crippen molar-refractivity contribution in [1.82, 2.24) is 24.7 Å². The Morgan fingerprint density at radius 3 is 1.60 bits per heavy atom. The van der Waals surface area contributed by atoms with Gasteiger partial charge in [-0.2, -0.15) is 0 Å². The fourth-order valence-electron chi connectivity index (χ4n) is 3.30. The molecule has 0 N–H and O–H groups in total. The average Bonchev–Trinajstić information content (AvgIpc) is 3.60. The van der Waals surface area contributed by atoms with Crippen LogP contribution < -0.4 is 0 Å². The molecular weight excluding hydrogens is 557 g/mol. The second-order valence-electron chi connectivity index (χ2n) is 7.31. The van der Waals surface area contributed by atoms with E-state index in [0.717, 1.165) is 50.7 Å². The van der Waals surface area contributed by atoms with Crippen LogP contribution in [0.5, 0.6) is 0 Å². The van der Waals surface area contributed by atoms with E-state index in [1.807, 2.05) is 51.1 Å². The summed E-state index contributed by atoms with van der Waals surface area (Å²) in [6.07, 6.45) is 5.06. The zero-order valence-corrected chi connectivity index (χ0v) is 18.9. The van der Waals surface area contributed by atoms with E-state index < -0.39 is 0 Å². The minimum Gasteiger partial charge on any atom is -0.365 e. The van der Waals surface area contributed by atoms with E-state index in [4.69, 9.17) is 0 Å². The number of nitrogens with zero attached hydrogens (tertiary/aromatic N) is 5. The topological polar surface area (TPSA) is 68.9 Å². The maximum absolute atomic E-state index is 12.4. The maximum Gasteiger partial charge on any atom is 0.227 e. The summed E-state index contributed by atoms with van der Waals surface area (Å²) in [4.78, 5) is 38.8. The molecule has 0 saturated carbocycles. The Bertz CT molecular complexity index is 973. The van der Waals surface area contributed by atoms with Crippen LogP contribution in [0.25, 0.3) is 11.4 Å². The van der Waals surface area contributed by atoms with E-state index in [-0.39, 0.29) is 31.4 Å². The van der Waals surface area contributed by atoms with Crippen molar-refractivity contribution in [3.05, 3.63) is 72.0 Å². The van der Waals surface area contributed by atoms with Gasteiger partial charge in [0.25, 0.3) is 0 Å². The molecule has 1 aliphatic carbocycles. The van der Waals surface area contributed by atoms with Gasteiger partial charge in [-0.3, -0.25) is 19.6 Å². The largest absolute Gasteiger partial charge is 0.365 e. The zero-order chi connectivity index (χ0) is 19.8. The van der Waals surface area contributed by atoms with Gasteiger partial charge in [0.05, 0.1) is 17.1 Å². The first-order valence-electron chi connectivity index (χ1n) is 9.84. The van der Waals surface area contributed by atoms with E-state index >= 15 is 0 Å². The monoisotopic (exact) mass is 579 g/mol. The third-order valence-electron chi connectivity index (χ3n) is 5.08. The van der Waals surface area contributed by atoms with E-state index in [2.05, 4.69) is 9.97 Å². The van der Waals surface area contributed by atoms with Gasteiger partial charge in [0, 0.05) is 77.5 Å². The number of hydrogen-bond acceptors (Lipinski definition) is 7. The summed E-state index contributed by atoms with van der Waals surface area (Å²) in [6.45, 7) is 5.41. The second-order valence-corrected chi connectivity index (χ2v) is 7.31. The van der Waals surface area contributed by atoms with Crippen molar-refractivity contribution >= 4 is 11.6 Å². The normalized spacial score (nSPS) is 18.9. The molecule has 0 radical (unpaired) electrons. The van der Waals surface area contributed by atoms with Crippen LogP contribution in [0.3, 0.4) is 0 Å². The maximum atomic E-state index is 12.4. The molecule has 4 aliphatic rings. The number of rotatable bonds is 4. The van der Waals surface area contributed by atoms with Crippen molar-refractivity contribution in [1.29, 1.82) is 0 Å². The molecule has 7 nitrogen and oxygen atoms in total. The smallest absolute Gasteiger partial charge is 0.227 e. The molecule has 0 bridgehead atoms. The van der Waals surface area contributed by atoms with Crippen LogP contribution in [0.15, 0.2) is 72.0 Å². The number of Topliss-reactive ketones (excluding diaryl/α,β-unsaturated/α-hetero) is 1. The SMILES string of the molecule is O=C1C=C(N2CC2)C(=O)C(N2CC2)=C1N1CC1.[Os].c1ccc(-c2ccccn2)nc1. The van der Waals surface area contributed by atoms with E-state index in [1.165, 1.54) is 6.08 Å². The van der Waals surface area contributed by atoms with E-state index in [0.29, 0.717) is 17.1 Å². The van der Waals surface area contributed by atoms with Gasteiger partial charge >= 0.3 is 0 Å². The van der Waals surface area contributed by atoms with Crippen LogP contribution in [0.4, 0.5) is 0 Å². The summed E-state index contributed by atoms with van der Waals surface area (Å²) in [7, 11) is 0. The Hall–Kier alpha value is -2.84. The number of hydrogen-bond donors (Lipinski definition) is 0. The van der Waals surface area contributed by atoms with Crippen LogP contribution in [0.2, 0.25) is 0 Å². The van der Waals surface area contributed by atoms with Crippen LogP contribution >= 0.6 is 0 Å². The third-order valence-corrected chi connectivity index (χ3v) is 5.08. The number of ketones is 2. The van der Waals surface area contributed by atoms with Gasteiger partial charge in [-0.25, -0.2) is 0 Å². The van der Waals surface area contributed by atoms with Crippen LogP contribution in [0, 0.1) is 0 Å². The summed E-state index contributed by atoms with van der Waals surface area (Å²) in [6, 6.07) is 11.6. The van der Waals surface area contributed by atoms with Gasteiger partial charge in [0.2, 0.25) is 11.6 Å². The summed E-state index contributed by atoms with van der Waals surface area (Å²) in [5.74, 6) is 0.0485. The zero-order valence-electron chi connectivity index (χ0n) is 16.3. The first kappa shape index (κ1) is 20.4. The predicted octanol–water partition coefficient (Wildman–Crippen LogP) is 1.32. The molecule has 0 amide bonds. The Morgan fingerprint density at radius 1 is 0.667 bits per heavy atom. The molecule has 0 atom stereocenters. The standard InChI is InChI=1S/C12H13N3O2.C10H8N2.Os/c16-9-7-8(13-1-2-13)12(17)11(15-5-6-15)10(9)14-3-4-14;1-3-7-11-9(5-1)10-6-2-4-8-12-10;/h7H,1-6H2;1-8H;. The first-order chi connectivity index (χ1) is 14.2. The van der Waals surface area contributed by atoms with Gasteiger partial charge in [-0.1, -0.05) is 12.1 Å². The van der Waals surface area contributed by atoms with Crippen molar-refractivity contribution < 1.29 is 29.4 Å². The Labute approximate surface area is 188 Å². The van der Waals surface area contributed by atoms with Gasteiger partial charge in [-0.05, 0) is 24.3 Å². The molecule has 0 spiro atoms. The van der Waals surface area contributed by atoms with Crippen molar-refractivity contribution in [3.8, 4) is 11.4 Å². The third kappa shape index (κ3) is 4.34. The molecule has 5 heterocycles. The molecular formula is C22H21N5O2Os. The molecule has 3 aliphatic heterocycles. The fraction of sp³-hybridized carbons (Fsp3) is 0.273. The van der Waals surface area contributed by atoms with Crippen molar-refractivity contribution in [2.45, 2.75) is 0 Å². The number of allylic oxidation sites excluding steroid dienone is 1. The van der Waals surface area contributed by atoms with Crippen molar-refractivity contribution in [2.24, 2.45) is 0 Å². The number of pyridine rings is 2. The van der Waals surface area contributed by atoms with Crippen LogP contribution in [-0.2, 0) is 29.4 Å². The molecule has 154 valence electrons. The Kier molecular flexibility index (Phi) is 5.78. The second kappa shape index (κ2) is 8.49. The van der Waals surface area contributed by atoms with Crippen LogP contribution in [-0.4, -0.2) is 75.5 Å². The summed E-state index contributed by atoms with van der Waals surface area (Å²) in [5.41, 5.74) is 3.72. The molecule has 2 aromatic heterocycles. The van der Waals surface area contributed by atoms with Crippen molar-refractivity contribution in [2.75, 3.05) is 39.3 Å². The van der Waals surface area contributed by atoms with Gasteiger partial charge in [0.1, 0.15) is 11.4 Å². The quantitative estimate of drug-likeness (QED) is 0.401. The molecule has 3 saturated heterocycles. The van der Waals surface area contributed by atoms with Crippen molar-refractivity contribution in [3.63, 3.8) is 0 Å². The van der Waals surface area contributed by atoms with Crippen LogP contribution in [0.1, 0.15) is 0 Å². The minimum absolute atomic E-state index is 0. The molecule has 3 fully saturated rings. The van der Waals surface area contributed by atoms with Gasteiger partial charge < -0.3 is 14.7 Å². The molecule has 8 heteroatoms. The van der Waals surface area contributed by atoms with Gasteiger partial charge in [-0.15, -0.1) is 0 Å². The molecule has 0 aromatic carbocycles. The number of carbonyl (C=O) groups is 2. The summed E-state index contributed by atoms with van der Waals surface area (Å²) >= 11 is 0. The molecule has 2 aromatic rings. The summed E-state index contributed by atoms with van der Waals surface area (Å²) in [5, 5.41) is 0. The predicted molar refractivity (Wildman–Crippen MR) is 107 cm³/mol. The number of carbonyl (C=O) groups excluding carboxylic acids is 2. The van der Waals surface area contributed by atoms with Gasteiger partial charge in [0.15, 0.2) is 0 Å². The minimum atomic E-state index is 0.